The Morgan fingerprint density at radius 2 is 2.20 bits per heavy atom. The maximum atomic E-state index is 12.3. The number of amides is 1. The highest BCUT2D eigenvalue weighted by Gasteiger charge is 2.18. The summed E-state index contributed by atoms with van der Waals surface area (Å²) in [5, 5.41) is 11.1. The maximum Gasteiger partial charge on any atom is 0.267 e. The van der Waals surface area contributed by atoms with E-state index in [1.165, 1.54) is 11.3 Å². The summed E-state index contributed by atoms with van der Waals surface area (Å²) in [7, 11) is 0. The third-order valence-corrected chi connectivity index (χ3v) is 4.18. The van der Waals surface area contributed by atoms with Gasteiger partial charge in [0.25, 0.3) is 5.91 Å². The van der Waals surface area contributed by atoms with Crippen molar-refractivity contribution in [3.8, 4) is 0 Å². The molecule has 3 heterocycles. The lowest BCUT2D eigenvalue weighted by Gasteiger charge is -2.04. The molecule has 0 aliphatic rings. The number of nitrogens with one attached hydrogen (secondary N) is 1. The predicted molar refractivity (Wildman–Crippen MR) is 77.5 cm³/mol. The summed E-state index contributed by atoms with van der Waals surface area (Å²) in [6.07, 6.45) is 1.54. The molecule has 0 radical (unpaired) electrons. The van der Waals surface area contributed by atoms with Gasteiger partial charge in [0.15, 0.2) is 0 Å². The van der Waals surface area contributed by atoms with Crippen molar-refractivity contribution >= 4 is 39.5 Å². The summed E-state index contributed by atoms with van der Waals surface area (Å²) in [4.78, 5) is 17.5. The molecule has 0 aliphatic carbocycles. The summed E-state index contributed by atoms with van der Waals surface area (Å²) >= 11 is 7.10. The minimum atomic E-state index is -0.195. The standard InChI is InChI=1S/C12H10ClN5OS/c1-6-10(20-12-17-16-7(2)18(6)12)11(19)15-8-3-4-14-9(13)5-8/h3-5H,1-2H3,(H,14,15,19). The van der Waals surface area contributed by atoms with E-state index in [9.17, 15) is 4.79 Å². The normalized spacial score (nSPS) is 10.9. The average molecular weight is 308 g/mol. The number of aryl methyl sites for hydroxylation is 2. The van der Waals surface area contributed by atoms with E-state index in [4.69, 9.17) is 11.6 Å². The highest BCUT2D eigenvalue weighted by Crippen LogP contribution is 2.24. The van der Waals surface area contributed by atoms with Crippen molar-refractivity contribution in [2.24, 2.45) is 0 Å². The molecule has 0 aromatic carbocycles. The largest absolute Gasteiger partial charge is 0.321 e. The van der Waals surface area contributed by atoms with E-state index in [1.807, 2.05) is 18.2 Å². The fourth-order valence-electron chi connectivity index (χ4n) is 1.94. The number of carbonyl (C=O) groups is 1. The number of thiazole rings is 1. The monoisotopic (exact) mass is 307 g/mol. The number of halogens is 1. The topological polar surface area (TPSA) is 72.2 Å². The summed E-state index contributed by atoms with van der Waals surface area (Å²) in [5.74, 6) is 0.569. The molecule has 3 aromatic heterocycles. The van der Waals surface area contributed by atoms with Gasteiger partial charge in [-0.3, -0.25) is 9.20 Å². The van der Waals surface area contributed by atoms with Crippen LogP contribution < -0.4 is 5.32 Å². The quantitative estimate of drug-likeness (QED) is 0.739. The van der Waals surface area contributed by atoms with Crippen molar-refractivity contribution < 1.29 is 4.79 Å². The number of hydrogen-bond donors (Lipinski definition) is 1. The molecule has 0 fully saturated rings. The lowest BCUT2D eigenvalue weighted by atomic mass is 10.3. The molecule has 102 valence electrons. The van der Waals surface area contributed by atoms with Crippen LogP contribution >= 0.6 is 22.9 Å². The van der Waals surface area contributed by atoms with Crippen molar-refractivity contribution in [2.75, 3.05) is 5.32 Å². The summed E-state index contributed by atoms with van der Waals surface area (Å²) in [6.45, 7) is 3.72. The Labute approximate surface area is 123 Å². The van der Waals surface area contributed by atoms with Crippen LogP contribution in [-0.4, -0.2) is 25.5 Å². The predicted octanol–water partition coefficient (Wildman–Crippen LogP) is 2.71. The fourth-order valence-corrected chi connectivity index (χ4v) is 3.12. The van der Waals surface area contributed by atoms with E-state index in [2.05, 4.69) is 20.5 Å². The lowest BCUT2D eigenvalue weighted by molar-refractivity contribution is 0.102. The van der Waals surface area contributed by atoms with Gasteiger partial charge in [0.2, 0.25) is 4.96 Å². The zero-order chi connectivity index (χ0) is 14.3. The van der Waals surface area contributed by atoms with Crippen molar-refractivity contribution in [2.45, 2.75) is 13.8 Å². The fraction of sp³-hybridized carbons (Fsp3) is 0.167. The van der Waals surface area contributed by atoms with E-state index in [-0.39, 0.29) is 5.91 Å². The molecule has 0 aliphatic heterocycles. The molecule has 0 unspecified atom stereocenters. The summed E-state index contributed by atoms with van der Waals surface area (Å²) in [5.41, 5.74) is 1.43. The van der Waals surface area contributed by atoms with Gasteiger partial charge in [0.1, 0.15) is 15.9 Å². The minimum absolute atomic E-state index is 0.195. The first-order chi connectivity index (χ1) is 9.56. The van der Waals surface area contributed by atoms with Gasteiger partial charge in [-0.05, 0) is 26.0 Å². The van der Waals surface area contributed by atoms with Crippen LogP contribution in [0.5, 0.6) is 0 Å². The van der Waals surface area contributed by atoms with Gasteiger partial charge in [0, 0.05) is 17.6 Å². The van der Waals surface area contributed by atoms with Gasteiger partial charge in [-0.1, -0.05) is 22.9 Å². The Hall–Kier alpha value is -1.99. The molecule has 8 heteroatoms. The van der Waals surface area contributed by atoms with Crippen LogP contribution in [0.1, 0.15) is 21.2 Å². The van der Waals surface area contributed by atoms with Crippen molar-refractivity contribution in [3.05, 3.63) is 39.9 Å². The number of nitrogens with zero attached hydrogens (tertiary/aromatic N) is 4. The van der Waals surface area contributed by atoms with Crippen LogP contribution in [0.3, 0.4) is 0 Å². The summed E-state index contributed by atoms with van der Waals surface area (Å²) < 4.78 is 1.86. The van der Waals surface area contributed by atoms with Crippen LogP contribution in [0.15, 0.2) is 18.3 Å². The molecule has 0 atom stereocenters. The van der Waals surface area contributed by atoms with Gasteiger partial charge >= 0.3 is 0 Å². The Kier molecular flexibility index (Phi) is 3.15. The number of rotatable bonds is 2. The highest BCUT2D eigenvalue weighted by atomic mass is 35.5. The molecular weight excluding hydrogens is 298 g/mol. The average Bonchev–Trinajstić information content (AvgIpc) is 2.91. The van der Waals surface area contributed by atoms with E-state index in [0.717, 1.165) is 11.5 Å². The molecule has 0 saturated heterocycles. The Bertz CT molecular complexity index is 809. The van der Waals surface area contributed by atoms with Crippen LogP contribution in [0.4, 0.5) is 5.69 Å². The smallest absolute Gasteiger partial charge is 0.267 e. The molecule has 3 aromatic rings. The lowest BCUT2D eigenvalue weighted by Crippen LogP contribution is -2.12. The van der Waals surface area contributed by atoms with Crippen molar-refractivity contribution in [3.63, 3.8) is 0 Å². The van der Waals surface area contributed by atoms with Crippen LogP contribution in [-0.2, 0) is 0 Å². The second kappa shape index (κ2) is 4.84. The van der Waals surface area contributed by atoms with E-state index in [0.29, 0.717) is 20.7 Å². The van der Waals surface area contributed by atoms with E-state index < -0.39 is 0 Å². The second-order valence-corrected chi connectivity index (χ2v) is 5.57. The van der Waals surface area contributed by atoms with Gasteiger partial charge < -0.3 is 5.32 Å². The van der Waals surface area contributed by atoms with Gasteiger partial charge in [-0.25, -0.2) is 4.98 Å². The Morgan fingerprint density at radius 1 is 1.40 bits per heavy atom. The third kappa shape index (κ3) is 2.14. The van der Waals surface area contributed by atoms with Crippen molar-refractivity contribution in [1.29, 1.82) is 0 Å². The first kappa shape index (κ1) is 13.0. The molecule has 20 heavy (non-hydrogen) atoms. The SMILES string of the molecule is Cc1nnc2sc(C(=O)Nc3ccnc(Cl)c3)c(C)n12. The highest BCUT2D eigenvalue weighted by molar-refractivity contribution is 7.19. The van der Waals surface area contributed by atoms with Gasteiger partial charge in [0.05, 0.1) is 0 Å². The van der Waals surface area contributed by atoms with Gasteiger partial charge in [-0.15, -0.1) is 10.2 Å². The minimum Gasteiger partial charge on any atom is -0.321 e. The van der Waals surface area contributed by atoms with Crippen LogP contribution in [0.25, 0.3) is 4.96 Å². The Morgan fingerprint density at radius 3 is 2.90 bits per heavy atom. The summed E-state index contributed by atoms with van der Waals surface area (Å²) in [6, 6.07) is 3.28. The zero-order valence-corrected chi connectivity index (χ0v) is 12.3. The molecule has 3 rings (SSSR count). The number of anilines is 1. The number of fused-ring (bicyclic) bond motifs is 1. The third-order valence-electron chi connectivity index (χ3n) is 2.84. The first-order valence-electron chi connectivity index (χ1n) is 5.80. The van der Waals surface area contributed by atoms with Crippen molar-refractivity contribution in [1.82, 2.24) is 19.6 Å². The molecular formula is C12H10ClN5OS. The van der Waals surface area contributed by atoms with E-state index in [1.54, 1.807) is 18.3 Å². The van der Waals surface area contributed by atoms with Crippen LogP contribution in [0, 0.1) is 13.8 Å². The molecule has 1 N–H and O–H groups in total. The zero-order valence-electron chi connectivity index (χ0n) is 10.7. The number of aromatic nitrogens is 4. The number of hydrogen-bond acceptors (Lipinski definition) is 5. The number of pyridine rings is 1. The molecule has 0 spiro atoms. The van der Waals surface area contributed by atoms with E-state index >= 15 is 0 Å². The molecule has 1 amide bonds. The van der Waals surface area contributed by atoms with Crippen LogP contribution in [0.2, 0.25) is 5.15 Å². The first-order valence-corrected chi connectivity index (χ1v) is 7.00. The maximum absolute atomic E-state index is 12.3. The molecule has 0 bridgehead atoms. The molecule has 6 nitrogen and oxygen atoms in total. The van der Waals surface area contributed by atoms with Gasteiger partial charge in [-0.2, -0.15) is 0 Å². The Balaban J connectivity index is 1.94. The molecule has 0 saturated carbocycles. The number of carbonyl (C=O) groups excluding carboxylic acids is 1. The second-order valence-electron chi connectivity index (χ2n) is 4.20.